The molecule has 0 aliphatic rings. The number of hydrogen-bond donors (Lipinski definition) is 0. The van der Waals surface area contributed by atoms with Crippen molar-refractivity contribution in [3.63, 3.8) is 0 Å². The van der Waals surface area contributed by atoms with Crippen LogP contribution in [0.4, 0.5) is 0 Å². The van der Waals surface area contributed by atoms with Crippen LogP contribution in [0.25, 0.3) is 21.5 Å². The molecule has 4 aromatic rings. The molecule has 0 radical (unpaired) electrons. The van der Waals surface area contributed by atoms with E-state index in [1.54, 1.807) is 0 Å². The summed E-state index contributed by atoms with van der Waals surface area (Å²) in [5.41, 5.74) is 2.79. The van der Waals surface area contributed by atoms with Gasteiger partial charge in [0.25, 0.3) is 0 Å². The van der Waals surface area contributed by atoms with Crippen LogP contribution in [-0.2, 0) is 32.8 Å². The van der Waals surface area contributed by atoms with Gasteiger partial charge >= 0.3 is 37.6 Å². The van der Waals surface area contributed by atoms with Gasteiger partial charge in [0.1, 0.15) is 0 Å². The molecule has 4 aromatic carbocycles. The molecule has 152 valence electrons. The molecule has 1 heteroatoms. The Morgan fingerprint density at radius 1 is 0.833 bits per heavy atom. The van der Waals surface area contributed by atoms with Crippen molar-refractivity contribution < 1.29 is 20.0 Å². The van der Waals surface area contributed by atoms with E-state index in [0.29, 0.717) is 0 Å². The summed E-state index contributed by atoms with van der Waals surface area (Å²) in [5.74, 6) is 0. The van der Waals surface area contributed by atoms with Gasteiger partial charge < -0.3 is 0 Å². The topological polar surface area (TPSA) is 0 Å². The molecule has 0 saturated carbocycles. The molecule has 0 spiro atoms. The second-order valence-corrected chi connectivity index (χ2v) is 9.17. The second kappa shape index (κ2) is 13.1. The molecule has 4 rings (SSSR count). The molecule has 0 aliphatic carbocycles. The van der Waals surface area contributed by atoms with E-state index in [1.807, 2.05) is 42.5 Å². The van der Waals surface area contributed by atoms with Gasteiger partial charge in [-0.2, -0.15) is 18.2 Å². The summed E-state index contributed by atoms with van der Waals surface area (Å²) in [7, 11) is 0. The molecule has 0 nitrogen and oxygen atoms in total. The number of allylic oxidation sites excluding steroid dienone is 2. The van der Waals surface area contributed by atoms with Crippen LogP contribution in [0, 0.1) is 0 Å². The first-order valence-corrected chi connectivity index (χ1v) is 11.3. The molecule has 0 N–H and O–H groups in total. The van der Waals surface area contributed by atoms with Gasteiger partial charge in [-0.15, -0.1) is 52.9 Å². The molecule has 0 amide bonds. The van der Waals surface area contributed by atoms with Crippen molar-refractivity contribution in [3.05, 3.63) is 109 Å². The maximum atomic E-state index is 3.80. The van der Waals surface area contributed by atoms with Crippen molar-refractivity contribution >= 4 is 25.4 Å². The van der Waals surface area contributed by atoms with Gasteiger partial charge in [0.2, 0.25) is 0 Å². The molecule has 0 aliphatic heterocycles. The first-order valence-electron chi connectivity index (χ1n) is 10.6. The maximum Gasteiger partial charge on any atom is -0.172 e. The van der Waals surface area contributed by atoms with Crippen molar-refractivity contribution in [2.24, 2.45) is 0 Å². The zero-order chi connectivity index (χ0) is 21.8. The third-order valence-corrected chi connectivity index (χ3v) is 4.66. The SMILES string of the molecule is C=CCCc1ccc2c(c1)[cH-]c1cc(CCC=C)ccc12.C[C](C)=[Ti+2].c1cc[cH-]c1. The Morgan fingerprint density at radius 3 is 1.60 bits per heavy atom. The van der Waals surface area contributed by atoms with E-state index < -0.39 is 0 Å². The molecule has 0 aromatic heterocycles. The van der Waals surface area contributed by atoms with E-state index in [0.717, 1.165) is 25.7 Å². The summed E-state index contributed by atoms with van der Waals surface area (Å²) in [5, 5.41) is 5.44. The van der Waals surface area contributed by atoms with Gasteiger partial charge in [0, 0.05) is 0 Å². The van der Waals surface area contributed by atoms with Crippen LogP contribution in [0.2, 0.25) is 0 Å². The van der Waals surface area contributed by atoms with Crippen LogP contribution >= 0.6 is 0 Å². The summed E-state index contributed by atoms with van der Waals surface area (Å²) in [6.07, 6.45) is 8.20. The Labute approximate surface area is 193 Å². The Morgan fingerprint density at radius 2 is 1.27 bits per heavy atom. The number of benzene rings is 2. The van der Waals surface area contributed by atoms with Crippen LogP contribution in [0.3, 0.4) is 0 Å². The predicted molar refractivity (Wildman–Crippen MR) is 132 cm³/mol. The number of aryl methyl sites for hydroxylation is 2. The van der Waals surface area contributed by atoms with Gasteiger partial charge in [-0.05, 0) is 25.7 Å². The first-order chi connectivity index (χ1) is 14.5. The third kappa shape index (κ3) is 7.86. The van der Waals surface area contributed by atoms with Gasteiger partial charge in [0.15, 0.2) is 0 Å². The first kappa shape index (κ1) is 24.0. The van der Waals surface area contributed by atoms with Crippen molar-refractivity contribution in [1.29, 1.82) is 0 Å². The van der Waals surface area contributed by atoms with E-state index in [-0.39, 0.29) is 0 Å². The van der Waals surface area contributed by atoms with Gasteiger partial charge in [-0.3, -0.25) is 0 Å². The maximum absolute atomic E-state index is 3.80. The molecule has 0 saturated heterocycles. The van der Waals surface area contributed by atoms with E-state index in [4.69, 9.17) is 0 Å². The molecule has 0 heterocycles. The molecule has 30 heavy (non-hydrogen) atoms. The second-order valence-electron chi connectivity index (χ2n) is 7.60. The van der Waals surface area contributed by atoms with Crippen LogP contribution < -0.4 is 0 Å². The number of rotatable bonds is 6. The Kier molecular flexibility index (Phi) is 10.5. The minimum absolute atomic E-state index is 1.04. The Bertz CT molecular complexity index is 973. The molecule has 0 bridgehead atoms. The van der Waals surface area contributed by atoms with Crippen LogP contribution in [0.15, 0.2) is 98.1 Å². The smallest absolute Gasteiger partial charge is 0.172 e. The zero-order valence-corrected chi connectivity index (χ0v) is 19.9. The van der Waals surface area contributed by atoms with E-state index in [9.17, 15) is 0 Å². The summed E-state index contributed by atoms with van der Waals surface area (Å²) in [4.78, 5) is 0. The molecule has 0 fully saturated rings. The molecule has 0 unspecified atom stereocenters. The zero-order valence-electron chi connectivity index (χ0n) is 18.3. The normalized spacial score (nSPS) is 10.0. The molecular weight excluding hydrogens is 396 g/mol. The fourth-order valence-electron chi connectivity index (χ4n) is 3.29. The number of hydrogen-bond acceptors (Lipinski definition) is 0. The predicted octanol–water partition coefficient (Wildman–Crippen LogP) is 8.10. The van der Waals surface area contributed by atoms with Gasteiger partial charge in [-0.25, -0.2) is 12.1 Å². The largest absolute Gasteiger partial charge is 0.214 e. The van der Waals surface area contributed by atoms with Gasteiger partial charge in [0.05, 0.1) is 0 Å². The summed E-state index contributed by atoms with van der Waals surface area (Å²) >= 11 is 2.08. The van der Waals surface area contributed by atoms with Gasteiger partial charge in [-0.1, -0.05) is 47.5 Å². The van der Waals surface area contributed by atoms with Crippen molar-refractivity contribution in [1.82, 2.24) is 0 Å². The van der Waals surface area contributed by atoms with Crippen molar-refractivity contribution in [2.75, 3.05) is 0 Å². The fraction of sp³-hybridized carbons (Fsp3) is 0.207. The average Bonchev–Trinajstić information content (AvgIpc) is 3.41. The minimum atomic E-state index is 1.04. The summed E-state index contributed by atoms with van der Waals surface area (Å²) in [6, 6.07) is 26.0. The standard InChI is InChI=1S/C21H21.C5H5.C3H6.Ti/c1-3-5-7-16-9-11-20-18(13-16)15-19-14-17(8-6-4-2)10-12-21(19)20;1-2-4-5-3-1;1-3-2;/h3-4,9-15H,1-2,5-8H2;1-5H;1-2H3;/q2*-1;;+2. The van der Waals surface area contributed by atoms with Crippen LogP contribution in [-0.4, -0.2) is 3.81 Å². The molecular formula is C29H32Ti. The van der Waals surface area contributed by atoms with E-state index in [1.165, 1.54) is 36.5 Å². The fourth-order valence-corrected chi connectivity index (χ4v) is 3.29. The summed E-state index contributed by atoms with van der Waals surface area (Å²) in [6.45, 7) is 11.8. The summed E-state index contributed by atoms with van der Waals surface area (Å²) < 4.78 is 1.42. The quantitative estimate of drug-likeness (QED) is 0.165. The molecule has 0 atom stereocenters. The minimum Gasteiger partial charge on any atom is -0.214 e. The van der Waals surface area contributed by atoms with Crippen LogP contribution in [0.5, 0.6) is 0 Å². The third-order valence-electron chi connectivity index (χ3n) is 4.66. The Hall–Kier alpha value is -2.28. The van der Waals surface area contributed by atoms with Crippen LogP contribution in [0.1, 0.15) is 37.8 Å². The Balaban J connectivity index is 0.000000297. The monoisotopic (exact) mass is 428 g/mol. The average molecular weight is 428 g/mol. The van der Waals surface area contributed by atoms with E-state index in [2.05, 4.69) is 89.4 Å². The van der Waals surface area contributed by atoms with Crippen molar-refractivity contribution in [3.8, 4) is 0 Å². The van der Waals surface area contributed by atoms with E-state index >= 15 is 0 Å². The van der Waals surface area contributed by atoms with Crippen molar-refractivity contribution in [2.45, 2.75) is 39.5 Å². The number of fused-ring (bicyclic) bond motifs is 3.